The largest absolute Gasteiger partial charge is 0.394 e. The fourth-order valence-corrected chi connectivity index (χ4v) is 5.47. The molecule has 1 amide bonds. The van der Waals surface area contributed by atoms with Crippen LogP contribution in [0.1, 0.15) is 90.9 Å². The highest BCUT2D eigenvalue weighted by Gasteiger charge is 2.50. The van der Waals surface area contributed by atoms with E-state index in [1.807, 2.05) is 0 Å². The summed E-state index contributed by atoms with van der Waals surface area (Å²) in [5, 5.41) is 85.2. The topological polar surface area (TPSA) is 228 Å². The maximum atomic E-state index is 12.7. The number of aliphatic hydroxyl groups is 8. The predicted octanol–water partition coefficient (Wildman–Crippen LogP) is -0.806. The first-order valence-corrected chi connectivity index (χ1v) is 16.3. The summed E-state index contributed by atoms with van der Waals surface area (Å²) in [5.74, 6) is -0.233. The van der Waals surface area contributed by atoms with E-state index in [0.29, 0.717) is 19.3 Å². The molecule has 0 bridgehead atoms. The smallest absolute Gasteiger partial charge is 0.220 e. The van der Waals surface area contributed by atoms with E-state index in [1.54, 1.807) is 0 Å². The second-order valence-corrected chi connectivity index (χ2v) is 11.9. The number of amides is 1. The maximum absolute atomic E-state index is 12.7. The molecular formula is C30H57NO13. The second-order valence-electron chi connectivity index (χ2n) is 11.9. The van der Waals surface area contributed by atoms with Crippen LogP contribution in [0.3, 0.4) is 0 Å². The molecule has 44 heavy (non-hydrogen) atoms. The fraction of sp³-hybridized carbons (Fsp3) is 0.967. The molecule has 2 rings (SSSR count). The van der Waals surface area contributed by atoms with Crippen molar-refractivity contribution in [3.05, 3.63) is 0 Å². The van der Waals surface area contributed by atoms with Crippen molar-refractivity contribution in [3.63, 3.8) is 0 Å². The summed E-state index contributed by atoms with van der Waals surface area (Å²) < 4.78 is 22.3. The van der Waals surface area contributed by atoms with E-state index < -0.39 is 86.8 Å². The van der Waals surface area contributed by atoms with Crippen molar-refractivity contribution in [2.24, 2.45) is 0 Å². The minimum Gasteiger partial charge on any atom is -0.394 e. The highest BCUT2D eigenvalue weighted by atomic mass is 16.7. The molecule has 0 aromatic carbocycles. The average Bonchev–Trinajstić information content (AvgIpc) is 3.02. The Balaban J connectivity index is 2.02. The molecule has 260 valence electrons. The summed E-state index contributed by atoms with van der Waals surface area (Å²) in [6.07, 6.45) is -6.03. The molecule has 2 saturated heterocycles. The quantitative estimate of drug-likeness (QED) is 0.0702. The molecule has 9 N–H and O–H groups in total. The van der Waals surface area contributed by atoms with Gasteiger partial charge < -0.3 is 65.1 Å². The van der Waals surface area contributed by atoms with Crippen molar-refractivity contribution in [3.8, 4) is 0 Å². The number of nitrogens with one attached hydrogen (secondary N) is 1. The zero-order valence-corrected chi connectivity index (χ0v) is 26.2. The molecule has 12 atom stereocenters. The van der Waals surface area contributed by atoms with Gasteiger partial charge in [0.25, 0.3) is 0 Å². The van der Waals surface area contributed by atoms with Gasteiger partial charge in [-0.15, -0.1) is 0 Å². The molecule has 0 radical (unpaired) electrons. The van der Waals surface area contributed by atoms with Crippen LogP contribution in [0.2, 0.25) is 0 Å². The zero-order valence-electron chi connectivity index (χ0n) is 26.2. The molecule has 12 unspecified atom stereocenters. The Morgan fingerprint density at radius 2 is 1.30 bits per heavy atom. The average molecular weight is 640 g/mol. The molecule has 0 aromatic rings. The molecule has 14 nitrogen and oxygen atoms in total. The van der Waals surface area contributed by atoms with Crippen LogP contribution in [0.4, 0.5) is 0 Å². The van der Waals surface area contributed by atoms with Crippen LogP contribution in [0.25, 0.3) is 0 Å². The lowest BCUT2D eigenvalue weighted by Crippen LogP contribution is -2.65. The van der Waals surface area contributed by atoms with Gasteiger partial charge in [0.2, 0.25) is 5.91 Å². The van der Waals surface area contributed by atoms with E-state index in [-0.39, 0.29) is 12.5 Å². The monoisotopic (exact) mass is 639 g/mol. The molecule has 0 aliphatic carbocycles. The third kappa shape index (κ3) is 12.0. The summed E-state index contributed by atoms with van der Waals surface area (Å²) in [6, 6.07) is -0.812. The summed E-state index contributed by atoms with van der Waals surface area (Å²) in [5.41, 5.74) is 0. The molecule has 0 aromatic heterocycles. The normalized spacial score (nSPS) is 34.0. The number of ether oxygens (including phenoxy) is 4. The number of unbranched alkanes of at least 4 members (excludes halogenated alkanes) is 8. The van der Waals surface area contributed by atoms with E-state index in [2.05, 4.69) is 19.2 Å². The third-order valence-corrected chi connectivity index (χ3v) is 8.32. The summed E-state index contributed by atoms with van der Waals surface area (Å²) in [7, 11) is 0. The van der Waals surface area contributed by atoms with Gasteiger partial charge in [-0.2, -0.15) is 0 Å². The zero-order chi connectivity index (χ0) is 32.6. The molecule has 2 fully saturated rings. The Morgan fingerprint density at radius 1 is 0.727 bits per heavy atom. The van der Waals surface area contributed by atoms with Crippen LogP contribution >= 0.6 is 0 Å². The van der Waals surface area contributed by atoms with Gasteiger partial charge in [0.1, 0.15) is 48.8 Å². The second kappa shape index (κ2) is 21.0. The number of aliphatic hydroxyl groups excluding tert-OH is 8. The summed E-state index contributed by atoms with van der Waals surface area (Å²) in [4.78, 5) is 12.7. The highest BCUT2D eigenvalue weighted by molar-refractivity contribution is 5.76. The summed E-state index contributed by atoms with van der Waals surface area (Å²) >= 11 is 0. The Morgan fingerprint density at radius 3 is 1.93 bits per heavy atom. The van der Waals surface area contributed by atoms with Crippen LogP contribution in [0, 0.1) is 0 Å². The minimum absolute atomic E-state index is 0.233. The predicted molar refractivity (Wildman–Crippen MR) is 157 cm³/mol. The van der Waals surface area contributed by atoms with Crippen LogP contribution in [0.15, 0.2) is 0 Å². The summed E-state index contributed by atoms with van der Waals surface area (Å²) in [6.45, 7) is 2.57. The van der Waals surface area contributed by atoms with E-state index in [4.69, 9.17) is 18.9 Å². The third-order valence-electron chi connectivity index (χ3n) is 8.32. The van der Waals surface area contributed by atoms with Gasteiger partial charge in [-0.25, -0.2) is 0 Å². The van der Waals surface area contributed by atoms with Gasteiger partial charge in [0.15, 0.2) is 12.6 Å². The number of hydrogen-bond donors (Lipinski definition) is 9. The van der Waals surface area contributed by atoms with E-state index >= 15 is 0 Å². The lowest BCUT2D eigenvalue weighted by atomic mass is 9.97. The lowest BCUT2D eigenvalue weighted by Gasteiger charge is -2.46. The van der Waals surface area contributed by atoms with E-state index in [0.717, 1.165) is 57.8 Å². The van der Waals surface area contributed by atoms with Crippen molar-refractivity contribution in [1.82, 2.24) is 5.32 Å². The van der Waals surface area contributed by atoms with Gasteiger partial charge in [-0.3, -0.25) is 4.79 Å². The van der Waals surface area contributed by atoms with Crippen molar-refractivity contribution < 1.29 is 64.6 Å². The van der Waals surface area contributed by atoms with Crippen LogP contribution < -0.4 is 5.32 Å². The lowest BCUT2D eigenvalue weighted by molar-refractivity contribution is -0.359. The molecular weight excluding hydrogens is 582 g/mol. The number of rotatable bonds is 21. The first-order chi connectivity index (χ1) is 21.1. The molecule has 0 saturated carbocycles. The Hall–Kier alpha value is -1.01. The van der Waals surface area contributed by atoms with Gasteiger partial charge in [0, 0.05) is 6.42 Å². The highest BCUT2D eigenvalue weighted by Crippen LogP contribution is 2.29. The first kappa shape index (κ1) is 39.2. The molecule has 2 heterocycles. The molecule has 0 spiro atoms. The standard InChI is InChI=1S/C30H57NO13/c1-3-5-7-9-10-11-13-19(34)18(31-22(35)14-12-8-6-4-2)17-41-29-27(40)25(38)28(21(16-33)43-29)44-30-26(39)24(37)23(36)20(15-32)42-30/h18-21,23-30,32-34,36-40H,3-17H2,1-2H3,(H,31,35). The number of hydrogen-bond acceptors (Lipinski definition) is 13. The Labute approximate surface area is 260 Å². The van der Waals surface area contributed by atoms with Gasteiger partial charge in [0.05, 0.1) is 32.0 Å². The van der Waals surface area contributed by atoms with Gasteiger partial charge >= 0.3 is 0 Å². The maximum Gasteiger partial charge on any atom is 0.220 e. The number of carbonyl (C=O) groups excluding carboxylic acids is 1. The minimum atomic E-state index is -1.77. The Bertz CT molecular complexity index is 775. The molecule has 14 heteroatoms. The fourth-order valence-electron chi connectivity index (χ4n) is 5.47. The van der Waals surface area contributed by atoms with Crippen LogP contribution in [0.5, 0.6) is 0 Å². The SMILES string of the molecule is CCCCCCCCC(O)C(COC1OC(CO)C(OC2OC(CO)C(O)C(O)C2O)C(O)C1O)NC(=O)CCCCCC. The van der Waals surface area contributed by atoms with Gasteiger partial charge in [-0.05, 0) is 12.8 Å². The van der Waals surface area contributed by atoms with Crippen LogP contribution in [-0.2, 0) is 23.7 Å². The number of carbonyl (C=O) groups is 1. The molecule has 2 aliphatic rings. The van der Waals surface area contributed by atoms with Crippen molar-refractivity contribution in [2.45, 2.75) is 164 Å². The molecule has 2 aliphatic heterocycles. The Kier molecular flexibility index (Phi) is 18.7. The van der Waals surface area contributed by atoms with Crippen molar-refractivity contribution >= 4 is 5.91 Å². The van der Waals surface area contributed by atoms with Crippen LogP contribution in [-0.4, -0.2) is 140 Å². The first-order valence-electron chi connectivity index (χ1n) is 16.3. The van der Waals surface area contributed by atoms with Crippen molar-refractivity contribution in [2.75, 3.05) is 19.8 Å². The van der Waals surface area contributed by atoms with Crippen molar-refractivity contribution in [1.29, 1.82) is 0 Å². The van der Waals surface area contributed by atoms with Gasteiger partial charge in [-0.1, -0.05) is 71.6 Å². The van der Waals surface area contributed by atoms with E-state index in [9.17, 15) is 45.6 Å². The van der Waals surface area contributed by atoms with E-state index in [1.165, 1.54) is 0 Å².